The number of hydrogen-bond donors (Lipinski definition) is 1. The van der Waals surface area contributed by atoms with Crippen molar-refractivity contribution >= 4 is 11.3 Å². The third-order valence-corrected chi connectivity index (χ3v) is 4.21. The highest BCUT2D eigenvalue weighted by atomic mass is 32.1. The molecule has 3 nitrogen and oxygen atoms in total. The second-order valence-electron chi connectivity index (χ2n) is 5.08. The molecule has 0 radical (unpaired) electrons. The molecule has 1 fully saturated rings. The van der Waals surface area contributed by atoms with Gasteiger partial charge < -0.3 is 15.0 Å². The van der Waals surface area contributed by atoms with E-state index >= 15 is 0 Å². The fraction of sp³-hybridized carbons (Fsp3) is 0.692. The molecular formula is C13H22N2OS. The lowest BCUT2D eigenvalue weighted by molar-refractivity contribution is 0.118. The van der Waals surface area contributed by atoms with E-state index < -0.39 is 0 Å². The number of rotatable bonds is 6. The third kappa shape index (κ3) is 3.52. The topological polar surface area (TPSA) is 24.5 Å². The van der Waals surface area contributed by atoms with E-state index in [1.165, 1.54) is 11.3 Å². The Bertz CT molecular complexity index is 320. The zero-order valence-corrected chi connectivity index (χ0v) is 11.6. The quantitative estimate of drug-likeness (QED) is 0.838. The minimum absolute atomic E-state index is 0.306. The second-order valence-corrected chi connectivity index (χ2v) is 6.12. The standard InChI is InChI=1S/C13H22N2OS/c1-14-9-13(5-6-16-11-13)10-15(2)8-12-4-3-7-17-12/h3-4,7,14H,5-6,8-11H2,1-2H3. The van der Waals surface area contributed by atoms with E-state index in [2.05, 4.69) is 34.8 Å². The molecule has 96 valence electrons. The van der Waals surface area contributed by atoms with Gasteiger partial charge in [0.15, 0.2) is 0 Å². The number of thiophene rings is 1. The minimum Gasteiger partial charge on any atom is -0.381 e. The first-order valence-corrected chi connectivity index (χ1v) is 7.05. The van der Waals surface area contributed by atoms with Gasteiger partial charge in [-0.15, -0.1) is 11.3 Å². The van der Waals surface area contributed by atoms with Crippen molar-refractivity contribution in [2.45, 2.75) is 13.0 Å². The second kappa shape index (κ2) is 5.96. The summed E-state index contributed by atoms with van der Waals surface area (Å²) in [5.41, 5.74) is 0.306. The summed E-state index contributed by atoms with van der Waals surface area (Å²) in [6.45, 7) is 4.99. The average molecular weight is 254 g/mol. The lowest BCUT2D eigenvalue weighted by Gasteiger charge is -2.32. The summed E-state index contributed by atoms with van der Waals surface area (Å²) >= 11 is 1.83. The zero-order chi connectivity index (χ0) is 12.1. The summed E-state index contributed by atoms with van der Waals surface area (Å²) in [6.07, 6.45) is 1.17. The van der Waals surface area contributed by atoms with Crippen LogP contribution in [0.2, 0.25) is 0 Å². The fourth-order valence-electron chi connectivity index (χ4n) is 2.64. The Morgan fingerprint density at radius 2 is 2.47 bits per heavy atom. The molecule has 0 saturated carbocycles. The summed E-state index contributed by atoms with van der Waals surface area (Å²) in [4.78, 5) is 3.85. The van der Waals surface area contributed by atoms with Crippen molar-refractivity contribution in [3.63, 3.8) is 0 Å². The Labute approximate surface area is 108 Å². The first-order valence-electron chi connectivity index (χ1n) is 6.17. The number of nitrogens with zero attached hydrogens (tertiary/aromatic N) is 1. The molecule has 2 heterocycles. The van der Waals surface area contributed by atoms with Crippen LogP contribution in [0.3, 0.4) is 0 Å². The third-order valence-electron chi connectivity index (χ3n) is 3.35. The van der Waals surface area contributed by atoms with Crippen LogP contribution in [0.5, 0.6) is 0 Å². The summed E-state index contributed by atoms with van der Waals surface area (Å²) in [5.74, 6) is 0. The van der Waals surface area contributed by atoms with Crippen molar-refractivity contribution in [1.29, 1.82) is 0 Å². The monoisotopic (exact) mass is 254 g/mol. The van der Waals surface area contributed by atoms with Crippen LogP contribution in [-0.2, 0) is 11.3 Å². The summed E-state index contributed by atoms with van der Waals surface area (Å²) in [5, 5.41) is 5.45. The normalized spacial score (nSPS) is 24.6. The van der Waals surface area contributed by atoms with Crippen LogP contribution in [-0.4, -0.2) is 45.3 Å². The van der Waals surface area contributed by atoms with E-state index in [-0.39, 0.29) is 0 Å². The molecule has 1 saturated heterocycles. The zero-order valence-electron chi connectivity index (χ0n) is 10.7. The van der Waals surface area contributed by atoms with Crippen molar-refractivity contribution in [3.8, 4) is 0 Å². The molecule has 4 heteroatoms. The van der Waals surface area contributed by atoms with Crippen molar-refractivity contribution in [2.24, 2.45) is 5.41 Å². The molecular weight excluding hydrogens is 232 g/mol. The molecule has 0 amide bonds. The molecule has 17 heavy (non-hydrogen) atoms. The van der Waals surface area contributed by atoms with Crippen LogP contribution in [0.4, 0.5) is 0 Å². The number of hydrogen-bond acceptors (Lipinski definition) is 4. The van der Waals surface area contributed by atoms with Crippen LogP contribution < -0.4 is 5.32 Å². The molecule has 1 N–H and O–H groups in total. The lowest BCUT2D eigenvalue weighted by Crippen LogP contribution is -2.42. The maximum Gasteiger partial charge on any atom is 0.0547 e. The largest absolute Gasteiger partial charge is 0.381 e. The summed E-state index contributed by atoms with van der Waals surface area (Å²) in [6, 6.07) is 4.33. The highest BCUT2D eigenvalue weighted by Crippen LogP contribution is 2.29. The molecule has 0 aromatic carbocycles. The Hall–Kier alpha value is -0.420. The molecule has 1 aliphatic rings. The molecule has 2 rings (SSSR count). The van der Waals surface area contributed by atoms with Gasteiger partial charge in [0.2, 0.25) is 0 Å². The van der Waals surface area contributed by atoms with Gasteiger partial charge in [-0.3, -0.25) is 0 Å². The predicted molar refractivity (Wildman–Crippen MR) is 72.4 cm³/mol. The van der Waals surface area contributed by atoms with Crippen molar-refractivity contribution < 1.29 is 4.74 Å². The molecule has 1 unspecified atom stereocenters. The van der Waals surface area contributed by atoms with Crippen LogP contribution in [0.15, 0.2) is 17.5 Å². The molecule has 0 spiro atoms. The number of ether oxygens (including phenoxy) is 1. The Kier molecular flexibility index (Phi) is 4.56. The summed E-state index contributed by atoms with van der Waals surface area (Å²) in [7, 11) is 4.23. The first kappa shape index (κ1) is 13.0. The average Bonchev–Trinajstić information content (AvgIpc) is 2.90. The Balaban J connectivity index is 1.89. The van der Waals surface area contributed by atoms with Gasteiger partial charge >= 0.3 is 0 Å². The Morgan fingerprint density at radius 3 is 3.06 bits per heavy atom. The fourth-order valence-corrected chi connectivity index (χ4v) is 3.43. The van der Waals surface area contributed by atoms with Gasteiger partial charge in [-0.05, 0) is 32.0 Å². The van der Waals surface area contributed by atoms with E-state index in [0.29, 0.717) is 5.41 Å². The molecule has 1 aliphatic heterocycles. The van der Waals surface area contributed by atoms with Crippen LogP contribution in [0.25, 0.3) is 0 Å². The van der Waals surface area contributed by atoms with Crippen molar-refractivity contribution in [2.75, 3.05) is 40.4 Å². The van der Waals surface area contributed by atoms with Gasteiger partial charge in [0, 0.05) is 36.5 Å². The van der Waals surface area contributed by atoms with E-state index in [1.54, 1.807) is 0 Å². The lowest BCUT2D eigenvalue weighted by atomic mass is 9.86. The van der Waals surface area contributed by atoms with Crippen molar-refractivity contribution in [3.05, 3.63) is 22.4 Å². The summed E-state index contributed by atoms with van der Waals surface area (Å²) < 4.78 is 5.59. The maximum absolute atomic E-state index is 5.59. The Morgan fingerprint density at radius 1 is 1.59 bits per heavy atom. The molecule has 0 aliphatic carbocycles. The highest BCUT2D eigenvalue weighted by Gasteiger charge is 2.35. The van der Waals surface area contributed by atoms with Crippen LogP contribution >= 0.6 is 11.3 Å². The van der Waals surface area contributed by atoms with Gasteiger partial charge in [-0.1, -0.05) is 6.07 Å². The SMILES string of the molecule is CNCC1(CN(C)Cc2cccs2)CCOC1. The predicted octanol–water partition coefficient (Wildman–Crippen LogP) is 1.81. The van der Waals surface area contributed by atoms with E-state index in [9.17, 15) is 0 Å². The van der Waals surface area contributed by atoms with Gasteiger partial charge in [0.05, 0.1) is 6.61 Å². The maximum atomic E-state index is 5.59. The van der Waals surface area contributed by atoms with Gasteiger partial charge in [0.1, 0.15) is 0 Å². The van der Waals surface area contributed by atoms with Gasteiger partial charge in [0.25, 0.3) is 0 Å². The first-order chi connectivity index (χ1) is 8.24. The highest BCUT2D eigenvalue weighted by molar-refractivity contribution is 7.09. The smallest absolute Gasteiger partial charge is 0.0547 e. The number of nitrogens with one attached hydrogen (secondary N) is 1. The van der Waals surface area contributed by atoms with Gasteiger partial charge in [-0.25, -0.2) is 0 Å². The molecule has 0 bridgehead atoms. The van der Waals surface area contributed by atoms with Gasteiger partial charge in [-0.2, -0.15) is 0 Å². The molecule has 1 atom stereocenters. The van der Waals surface area contributed by atoms with E-state index in [0.717, 1.165) is 32.8 Å². The van der Waals surface area contributed by atoms with Crippen LogP contribution in [0, 0.1) is 5.41 Å². The van der Waals surface area contributed by atoms with E-state index in [4.69, 9.17) is 4.74 Å². The molecule has 1 aromatic heterocycles. The van der Waals surface area contributed by atoms with E-state index in [1.807, 2.05) is 18.4 Å². The van der Waals surface area contributed by atoms with Crippen molar-refractivity contribution in [1.82, 2.24) is 10.2 Å². The minimum atomic E-state index is 0.306. The molecule has 1 aromatic rings. The van der Waals surface area contributed by atoms with Crippen LogP contribution in [0.1, 0.15) is 11.3 Å².